The Hall–Kier alpha value is 2.94. The van der Waals surface area contributed by atoms with Crippen LogP contribution in [0.3, 0.4) is 0 Å². The van der Waals surface area contributed by atoms with Crippen LogP contribution in [-0.2, 0) is 23.3 Å². The van der Waals surface area contributed by atoms with Crippen molar-refractivity contribution in [3.63, 3.8) is 0 Å². The monoisotopic (exact) mass is 516 g/mol. The van der Waals surface area contributed by atoms with E-state index in [4.69, 9.17) is 19.3 Å². The van der Waals surface area contributed by atoms with Gasteiger partial charge in [0.15, 0.2) is 12.6 Å². The second-order valence-electron chi connectivity index (χ2n) is 6.09. The molecule has 9 N–H and O–H groups in total. The van der Waals surface area contributed by atoms with E-state index in [1.165, 1.54) is 0 Å². The normalized spacial score (nSPS) is 41.8. The summed E-state index contributed by atoms with van der Waals surface area (Å²) >= 11 is 0. The van der Waals surface area contributed by atoms with Crippen LogP contribution in [0.25, 0.3) is 0 Å². The molecule has 2 aliphatic heterocycles. The number of aliphatic hydroxyl groups is 7. The molecule has 0 spiro atoms. The van der Waals surface area contributed by atoms with E-state index in [0.29, 0.717) is 0 Å². The predicted molar refractivity (Wildman–Crippen MR) is 78.7 cm³/mol. The number of phosphoric ester groups is 1. The van der Waals surface area contributed by atoms with E-state index in [1.807, 2.05) is 0 Å². The summed E-state index contributed by atoms with van der Waals surface area (Å²) < 4.78 is 29.7. The van der Waals surface area contributed by atoms with Crippen molar-refractivity contribution < 1.29 is 177 Å². The van der Waals surface area contributed by atoms with Crippen LogP contribution < -0.4 is 113 Å². The van der Waals surface area contributed by atoms with Crippen LogP contribution in [-0.4, -0.2) is 116 Å². The van der Waals surface area contributed by atoms with Gasteiger partial charge in [-0.2, -0.15) is 0 Å². The Morgan fingerprint density at radius 1 is 0.767 bits per heavy atom. The molecule has 0 radical (unpaired) electrons. The van der Waals surface area contributed by atoms with Crippen molar-refractivity contribution in [2.75, 3.05) is 13.2 Å². The van der Waals surface area contributed by atoms with Crippen LogP contribution >= 0.6 is 7.82 Å². The number of rotatable bonds is 6. The number of ether oxygens (including phenoxy) is 3. The molecule has 30 heavy (non-hydrogen) atoms. The molecule has 2 aliphatic rings. The van der Waals surface area contributed by atoms with Crippen molar-refractivity contribution in [1.29, 1.82) is 0 Å². The van der Waals surface area contributed by atoms with Gasteiger partial charge in [0.1, 0.15) is 48.8 Å². The Kier molecular flexibility index (Phi) is 17.7. The third kappa shape index (κ3) is 9.19. The van der Waals surface area contributed by atoms with Gasteiger partial charge in [0.2, 0.25) is 0 Å². The summed E-state index contributed by atoms with van der Waals surface area (Å²) in [5.41, 5.74) is 0. The minimum atomic E-state index is -5.42. The van der Waals surface area contributed by atoms with Crippen molar-refractivity contribution in [3.8, 4) is 0 Å². The standard InChI is InChI=1S/C12H23O14P.2K.H2O/c13-1-3-5(14)7(16)9(18)11(24-3)26-12-10(19)8(17)6(15)4(25-12)2-23-27(20,21)22;;;/h3-19H,1-2H2,(H2,20,21,22);;;1H2/q;2*+1;/p-2/t3-,4-,5-,6-,7+,8+,9-,10-,11-,12-;;;/m1.../s1. The molecule has 2 saturated heterocycles. The summed E-state index contributed by atoms with van der Waals surface area (Å²) in [6, 6.07) is 0. The van der Waals surface area contributed by atoms with E-state index in [0.717, 1.165) is 0 Å². The Labute approximate surface area is 255 Å². The first-order chi connectivity index (χ1) is 12.5. The summed E-state index contributed by atoms with van der Waals surface area (Å²) in [5.74, 6) is 0. The second-order valence-corrected chi connectivity index (χ2v) is 7.24. The summed E-state index contributed by atoms with van der Waals surface area (Å²) in [5, 5.41) is 68.0. The molecule has 0 aromatic rings. The molecule has 0 aromatic carbocycles. The molecule has 0 aliphatic carbocycles. The average molecular weight is 516 g/mol. The van der Waals surface area contributed by atoms with Crippen molar-refractivity contribution in [3.05, 3.63) is 0 Å². The Balaban J connectivity index is 0. The second kappa shape index (κ2) is 15.1. The van der Waals surface area contributed by atoms with Gasteiger partial charge in [0.05, 0.1) is 21.0 Å². The van der Waals surface area contributed by atoms with Gasteiger partial charge in [0.25, 0.3) is 0 Å². The fraction of sp³-hybridized carbons (Fsp3) is 1.00. The fourth-order valence-electron chi connectivity index (χ4n) is 2.64. The summed E-state index contributed by atoms with van der Waals surface area (Å²) in [7, 11) is -5.42. The van der Waals surface area contributed by atoms with Crippen molar-refractivity contribution in [2.45, 2.75) is 61.4 Å². The summed E-state index contributed by atoms with van der Waals surface area (Å²) in [4.78, 5) is 21.1. The summed E-state index contributed by atoms with van der Waals surface area (Å²) in [6.07, 6.45) is -17.5. The molecular formula is C12H23K2O15P. The molecule has 168 valence electrons. The summed E-state index contributed by atoms with van der Waals surface area (Å²) in [6.45, 7) is -1.75. The largest absolute Gasteiger partial charge is 1.00 e. The van der Waals surface area contributed by atoms with Crippen LogP contribution in [0.1, 0.15) is 0 Å². The van der Waals surface area contributed by atoms with E-state index >= 15 is 0 Å². The molecule has 2 fully saturated rings. The molecule has 0 amide bonds. The van der Waals surface area contributed by atoms with E-state index in [-0.39, 0.29) is 108 Å². The number of phosphoric acid groups is 1. The Morgan fingerprint density at radius 3 is 1.57 bits per heavy atom. The molecule has 10 atom stereocenters. The zero-order valence-corrected chi connectivity index (χ0v) is 23.3. The quantitative estimate of drug-likeness (QED) is 0.128. The molecule has 0 bridgehead atoms. The maximum Gasteiger partial charge on any atom is 1.00 e. The topological polar surface area (TPSA) is 273 Å². The maximum absolute atomic E-state index is 10.5. The Bertz CT molecular complexity index is 538. The van der Waals surface area contributed by atoms with Gasteiger partial charge in [-0.05, 0) is 0 Å². The first-order valence-corrected chi connectivity index (χ1v) is 9.24. The van der Waals surface area contributed by atoms with Gasteiger partial charge in [-0.25, -0.2) is 0 Å². The zero-order valence-electron chi connectivity index (χ0n) is 16.1. The number of aliphatic hydroxyl groups excluding tert-OH is 7. The van der Waals surface area contributed by atoms with Gasteiger partial charge in [-0.15, -0.1) is 0 Å². The van der Waals surface area contributed by atoms with Gasteiger partial charge in [-0.1, -0.05) is 0 Å². The zero-order chi connectivity index (χ0) is 20.5. The van der Waals surface area contributed by atoms with Gasteiger partial charge in [0, 0.05) is 0 Å². The third-order valence-electron chi connectivity index (χ3n) is 4.18. The van der Waals surface area contributed by atoms with E-state index in [1.54, 1.807) is 0 Å². The average Bonchev–Trinajstić information content (AvgIpc) is 2.60. The first-order valence-electron chi connectivity index (χ1n) is 7.78. The fourth-order valence-corrected chi connectivity index (χ4v) is 2.97. The molecule has 2 heterocycles. The molecule has 0 aromatic heterocycles. The maximum atomic E-state index is 10.5. The molecule has 2 rings (SSSR count). The van der Waals surface area contributed by atoms with Gasteiger partial charge < -0.3 is 74.3 Å². The van der Waals surface area contributed by atoms with Crippen LogP contribution in [0.2, 0.25) is 0 Å². The van der Waals surface area contributed by atoms with Crippen LogP contribution in [0.5, 0.6) is 0 Å². The molecule has 0 saturated carbocycles. The smallest absolute Gasteiger partial charge is 0.790 e. The van der Waals surface area contributed by atoms with E-state index in [9.17, 15) is 45.0 Å². The third-order valence-corrected chi connectivity index (χ3v) is 4.65. The van der Waals surface area contributed by atoms with Crippen molar-refractivity contribution in [2.24, 2.45) is 0 Å². The SMILES string of the molecule is O.O=P([O-])([O-])OC[C@H]1O[C@H](O[C@H]2O[C@H](CO)[C@@H](O)[C@H](O)[C@H]2O)[C@H](O)[C@@H](O)[C@@H]1O.[K+].[K+]. The van der Waals surface area contributed by atoms with Crippen LogP contribution in [0, 0.1) is 0 Å². The number of hydrogen-bond acceptors (Lipinski definition) is 14. The minimum absolute atomic E-state index is 0. The van der Waals surface area contributed by atoms with Gasteiger partial charge in [-0.3, -0.25) is 0 Å². The first kappa shape index (κ1) is 35.1. The van der Waals surface area contributed by atoms with E-state index < -0.39 is 82.4 Å². The minimum Gasteiger partial charge on any atom is -0.790 e. The predicted octanol–water partition coefficient (Wildman–Crippen LogP) is -13.4. The van der Waals surface area contributed by atoms with Crippen LogP contribution in [0.15, 0.2) is 0 Å². The van der Waals surface area contributed by atoms with Crippen molar-refractivity contribution >= 4 is 7.82 Å². The van der Waals surface area contributed by atoms with Crippen LogP contribution in [0.4, 0.5) is 0 Å². The molecule has 18 heteroatoms. The Morgan fingerprint density at radius 2 is 1.17 bits per heavy atom. The van der Waals surface area contributed by atoms with Crippen molar-refractivity contribution in [1.82, 2.24) is 0 Å². The molecule has 15 nitrogen and oxygen atoms in total. The van der Waals surface area contributed by atoms with Gasteiger partial charge >= 0.3 is 103 Å². The van der Waals surface area contributed by atoms with E-state index in [2.05, 4.69) is 4.52 Å². The number of hydrogen-bond donors (Lipinski definition) is 7. The molecule has 0 unspecified atom stereocenters. The molecular weight excluding hydrogens is 493 g/mol.